The first kappa shape index (κ1) is 27.4. The number of aryl methyl sites for hydroxylation is 1. The number of esters is 1. The largest absolute Gasteiger partial charge is 0.465 e. The Labute approximate surface area is 199 Å². The van der Waals surface area contributed by atoms with Crippen molar-refractivity contribution in [1.82, 2.24) is 9.97 Å². The second kappa shape index (κ2) is 11.0. The lowest BCUT2D eigenvalue weighted by Crippen LogP contribution is -2.41. The van der Waals surface area contributed by atoms with Gasteiger partial charge in [0.2, 0.25) is 0 Å². The number of halogens is 4. The van der Waals surface area contributed by atoms with Crippen molar-refractivity contribution in [2.45, 2.75) is 26.6 Å². The van der Waals surface area contributed by atoms with E-state index in [1.54, 1.807) is 19.1 Å². The van der Waals surface area contributed by atoms with Gasteiger partial charge in [-0.05, 0) is 49.7 Å². The molecule has 0 spiro atoms. The van der Waals surface area contributed by atoms with E-state index in [4.69, 9.17) is 27.2 Å². The number of carbonyl (C=O) groups is 1. The van der Waals surface area contributed by atoms with Gasteiger partial charge in [-0.25, -0.2) is 14.4 Å². The summed E-state index contributed by atoms with van der Waals surface area (Å²) < 4.78 is 65.6. The molecule has 1 heterocycles. The number of fused-ring (bicyclic) bond motifs is 1. The van der Waals surface area contributed by atoms with Crippen molar-refractivity contribution in [2.24, 2.45) is 10.9 Å². The number of carbonyl (C=O) groups excluding carboxylic acids is 1. The Bertz CT molecular complexity index is 1260. The summed E-state index contributed by atoms with van der Waals surface area (Å²) in [6.07, 6.45) is -4.33. The maximum absolute atomic E-state index is 12.3. The van der Waals surface area contributed by atoms with Crippen molar-refractivity contribution < 1.29 is 31.1 Å². The minimum absolute atomic E-state index is 0.141. The van der Waals surface area contributed by atoms with Crippen LogP contribution in [0.4, 0.5) is 18.9 Å². The Balaban J connectivity index is 0.000000246. The van der Waals surface area contributed by atoms with Crippen molar-refractivity contribution >= 4 is 44.5 Å². The zero-order valence-electron chi connectivity index (χ0n) is 18.2. The van der Waals surface area contributed by atoms with Gasteiger partial charge in [0.15, 0.2) is 0 Å². The first-order valence-electron chi connectivity index (χ1n) is 9.74. The first-order chi connectivity index (χ1) is 15.8. The molecule has 0 saturated heterocycles. The van der Waals surface area contributed by atoms with Crippen LogP contribution in [-0.2, 0) is 32.5 Å². The molecule has 186 valence electrons. The number of imidazole rings is 1. The maximum atomic E-state index is 12.3. The fraction of sp³-hybridized carbons (Fsp3) is 0.300. The Morgan fingerprint density at radius 3 is 2.44 bits per heavy atom. The molecule has 0 saturated carbocycles. The van der Waals surface area contributed by atoms with Crippen LogP contribution >= 0.6 is 11.6 Å². The van der Waals surface area contributed by atoms with E-state index in [2.05, 4.69) is 9.97 Å². The topological polar surface area (TPSA) is 144 Å². The van der Waals surface area contributed by atoms with Crippen LogP contribution in [0, 0.1) is 6.92 Å². The van der Waals surface area contributed by atoms with E-state index < -0.39 is 34.5 Å². The van der Waals surface area contributed by atoms with Crippen LogP contribution in [0.3, 0.4) is 0 Å². The third kappa shape index (κ3) is 7.32. The average molecular weight is 522 g/mol. The minimum atomic E-state index is -4.33. The quantitative estimate of drug-likeness (QED) is 0.425. The van der Waals surface area contributed by atoms with Crippen LogP contribution in [0.2, 0.25) is 5.02 Å². The lowest BCUT2D eigenvalue weighted by molar-refractivity contribution is -0.141. The molecule has 14 heteroatoms. The van der Waals surface area contributed by atoms with E-state index in [0.29, 0.717) is 21.2 Å². The number of benzene rings is 2. The molecule has 0 amide bonds. The number of nitrogens with two attached hydrogens (primary N) is 2. The molecular weight excluding hydrogens is 499 g/mol. The van der Waals surface area contributed by atoms with Crippen LogP contribution in [0.25, 0.3) is 11.0 Å². The highest BCUT2D eigenvalue weighted by atomic mass is 35.5. The van der Waals surface area contributed by atoms with Crippen LogP contribution < -0.4 is 15.2 Å². The molecular formula is C20H23ClF3N5O4S. The smallest absolute Gasteiger partial charge is 0.416 e. The van der Waals surface area contributed by atoms with Gasteiger partial charge in [0.05, 0.1) is 40.5 Å². The molecule has 0 bridgehead atoms. The number of hydrogen-bond acceptors (Lipinski definition) is 6. The third-order valence-corrected chi connectivity index (χ3v) is 5.55. The number of aromatic nitrogens is 2. The van der Waals surface area contributed by atoms with E-state index in [-0.39, 0.29) is 23.9 Å². The van der Waals surface area contributed by atoms with E-state index in [1.807, 2.05) is 6.92 Å². The summed E-state index contributed by atoms with van der Waals surface area (Å²) in [6, 6.07) is 8.10. The number of alkyl halides is 3. The Morgan fingerprint density at radius 2 is 1.91 bits per heavy atom. The predicted octanol–water partition coefficient (Wildman–Crippen LogP) is 3.26. The van der Waals surface area contributed by atoms with Crippen LogP contribution in [-0.4, -0.2) is 37.5 Å². The van der Waals surface area contributed by atoms with Crippen molar-refractivity contribution in [3.8, 4) is 0 Å². The highest BCUT2D eigenvalue weighted by molar-refractivity contribution is 7.90. The summed E-state index contributed by atoms with van der Waals surface area (Å²) in [4.78, 5) is 18.2. The zero-order chi connectivity index (χ0) is 25.7. The molecule has 5 N–H and O–H groups in total. The molecule has 34 heavy (non-hydrogen) atoms. The van der Waals surface area contributed by atoms with Gasteiger partial charge in [0.1, 0.15) is 12.4 Å². The molecule has 0 unspecified atom stereocenters. The number of rotatable bonds is 6. The molecule has 0 atom stereocenters. The van der Waals surface area contributed by atoms with Crippen molar-refractivity contribution in [3.05, 3.63) is 58.4 Å². The summed E-state index contributed by atoms with van der Waals surface area (Å²) >= 11 is 5.98. The summed E-state index contributed by atoms with van der Waals surface area (Å²) in [5, 5.41) is 5.29. The number of hydrogen-bond donors (Lipinski definition) is 3. The SMILES string of the molecule is CCOC(=O)CN(c1ccc(C)cc1Cl)S(N)(=O)=O.NCc1nc2ccc(C(F)(F)F)cc2[nH]1. The molecule has 3 rings (SSSR count). The Hall–Kier alpha value is -2.87. The van der Waals surface area contributed by atoms with E-state index >= 15 is 0 Å². The lowest BCUT2D eigenvalue weighted by atomic mass is 10.2. The maximum Gasteiger partial charge on any atom is 0.416 e. The number of anilines is 1. The molecule has 0 fully saturated rings. The number of nitrogens with zero attached hydrogens (tertiary/aromatic N) is 2. The fourth-order valence-electron chi connectivity index (χ4n) is 2.79. The van der Waals surface area contributed by atoms with Crippen molar-refractivity contribution in [3.63, 3.8) is 0 Å². The highest BCUT2D eigenvalue weighted by Gasteiger charge is 2.30. The summed E-state index contributed by atoms with van der Waals surface area (Å²) in [7, 11) is -4.12. The minimum Gasteiger partial charge on any atom is -0.465 e. The Morgan fingerprint density at radius 1 is 1.24 bits per heavy atom. The van der Waals surface area contributed by atoms with Crippen molar-refractivity contribution in [1.29, 1.82) is 0 Å². The van der Waals surface area contributed by atoms with Gasteiger partial charge in [-0.2, -0.15) is 21.6 Å². The Kier molecular flexibility index (Phi) is 8.89. The molecule has 2 aromatic carbocycles. The average Bonchev–Trinajstić information content (AvgIpc) is 3.14. The molecule has 9 nitrogen and oxygen atoms in total. The summed E-state index contributed by atoms with van der Waals surface area (Å²) in [5.41, 5.74) is 6.47. The van der Waals surface area contributed by atoms with E-state index in [0.717, 1.165) is 17.7 Å². The third-order valence-electron chi connectivity index (χ3n) is 4.31. The van der Waals surface area contributed by atoms with Gasteiger partial charge in [-0.3, -0.25) is 4.79 Å². The lowest BCUT2D eigenvalue weighted by Gasteiger charge is -2.22. The van der Waals surface area contributed by atoms with Crippen LogP contribution in [0.1, 0.15) is 23.9 Å². The second-order valence-corrected chi connectivity index (χ2v) is 8.81. The number of H-pyrrole nitrogens is 1. The summed E-state index contributed by atoms with van der Waals surface area (Å²) in [6.45, 7) is 3.24. The highest BCUT2D eigenvalue weighted by Crippen LogP contribution is 2.31. The summed E-state index contributed by atoms with van der Waals surface area (Å²) in [5.74, 6) is -0.225. The fourth-order valence-corrected chi connectivity index (χ4v) is 3.89. The standard InChI is InChI=1S/C11H15ClN2O4S.C9H8F3N3/c1-3-18-11(15)7-14(19(13,16)17)10-5-4-8(2)6-9(10)12;10-9(11,12)5-1-2-6-7(3-5)15-8(4-13)14-6/h4-6H,3,7H2,1-2H3,(H2,13,16,17);1-3H,4,13H2,(H,14,15). The predicted molar refractivity (Wildman–Crippen MR) is 122 cm³/mol. The zero-order valence-corrected chi connectivity index (χ0v) is 19.8. The number of ether oxygens (including phenoxy) is 1. The normalized spacial score (nSPS) is 11.6. The van der Waals surface area contributed by atoms with Gasteiger partial charge in [0.25, 0.3) is 10.2 Å². The number of aromatic amines is 1. The molecule has 3 aromatic rings. The monoisotopic (exact) mass is 521 g/mol. The van der Waals surface area contributed by atoms with Crippen LogP contribution in [0.5, 0.6) is 0 Å². The van der Waals surface area contributed by atoms with Gasteiger partial charge in [-0.15, -0.1) is 0 Å². The second-order valence-electron chi connectivity index (χ2n) is 6.93. The number of nitrogens with one attached hydrogen (secondary N) is 1. The molecule has 0 aliphatic heterocycles. The van der Waals surface area contributed by atoms with Gasteiger partial charge < -0.3 is 15.5 Å². The van der Waals surface area contributed by atoms with Crippen molar-refractivity contribution in [2.75, 3.05) is 17.5 Å². The molecule has 0 aliphatic carbocycles. The molecule has 0 radical (unpaired) electrons. The molecule has 0 aliphatic rings. The first-order valence-corrected chi connectivity index (χ1v) is 11.6. The van der Waals surface area contributed by atoms with Gasteiger partial charge in [0, 0.05) is 0 Å². The molecule has 1 aromatic heterocycles. The van der Waals surface area contributed by atoms with E-state index in [9.17, 15) is 26.4 Å². The van der Waals surface area contributed by atoms with Crippen LogP contribution in [0.15, 0.2) is 36.4 Å². The van der Waals surface area contributed by atoms with Gasteiger partial charge in [-0.1, -0.05) is 17.7 Å². The van der Waals surface area contributed by atoms with E-state index in [1.165, 1.54) is 12.1 Å². The van der Waals surface area contributed by atoms with Gasteiger partial charge >= 0.3 is 12.1 Å².